The number of rotatable bonds is 2. The molecular weight excluding hydrogens is 202 g/mol. The van der Waals surface area contributed by atoms with E-state index in [1.807, 2.05) is 30.3 Å². The fourth-order valence-corrected chi connectivity index (χ4v) is 1.93. The molecule has 1 N–H and O–H groups in total. The predicted molar refractivity (Wildman–Crippen MR) is 62.6 cm³/mol. The molecule has 1 saturated heterocycles. The van der Waals surface area contributed by atoms with Crippen molar-refractivity contribution in [1.29, 1.82) is 0 Å². The van der Waals surface area contributed by atoms with Crippen LogP contribution in [-0.4, -0.2) is 19.6 Å². The van der Waals surface area contributed by atoms with Gasteiger partial charge >= 0.3 is 5.97 Å². The van der Waals surface area contributed by atoms with Gasteiger partial charge in [-0.1, -0.05) is 30.3 Å². The number of carbonyl (C=O) groups excluding carboxylic acids is 1. The summed E-state index contributed by atoms with van der Waals surface area (Å²) in [5, 5.41) is 3.25. The Morgan fingerprint density at radius 1 is 1.31 bits per heavy atom. The molecule has 84 valence electrons. The van der Waals surface area contributed by atoms with E-state index in [-0.39, 0.29) is 5.97 Å². The Hall–Kier alpha value is -1.77. The average molecular weight is 217 g/mol. The fraction of sp³-hybridized carbons (Fsp3) is 0.308. The first-order valence-electron chi connectivity index (χ1n) is 5.43. The van der Waals surface area contributed by atoms with E-state index >= 15 is 0 Å². The molecule has 1 aromatic carbocycles. The van der Waals surface area contributed by atoms with Crippen LogP contribution in [0, 0.1) is 0 Å². The topological polar surface area (TPSA) is 38.3 Å². The van der Waals surface area contributed by atoms with Gasteiger partial charge in [0.15, 0.2) is 0 Å². The molecule has 0 aliphatic carbocycles. The van der Waals surface area contributed by atoms with E-state index in [2.05, 4.69) is 5.32 Å². The first-order chi connectivity index (χ1) is 7.83. The Kier molecular flexibility index (Phi) is 3.25. The molecule has 0 unspecified atom stereocenters. The van der Waals surface area contributed by atoms with Crippen LogP contribution in [0.1, 0.15) is 18.4 Å². The van der Waals surface area contributed by atoms with Crippen LogP contribution in [0.5, 0.6) is 0 Å². The third kappa shape index (κ3) is 2.08. The molecule has 1 aliphatic heterocycles. The summed E-state index contributed by atoms with van der Waals surface area (Å²) >= 11 is 0. The lowest BCUT2D eigenvalue weighted by Gasteiger charge is -2.09. The molecular formula is C13H15NO2. The zero-order valence-corrected chi connectivity index (χ0v) is 9.32. The summed E-state index contributed by atoms with van der Waals surface area (Å²) in [6.07, 6.45) is 1.99. The average Bonchev–Trinajstić information content (AvgIpc) is 2.84. The second kappa shape index (κ2) is 4.84. The van der Waals surface area contributed by atoms with Crippen molar-refractivity contribution in [2.75, 3.05) is 13.7 Å². The lowest BCUT2D eigenvalue weighted by Crippen LogP contribution is -2.13. The SMILES string of the molecule is COC(=O)C(=C1CCCN1)c1ccccc1. The Bertz CT molecular complexity index is 401. The van der Waals surface area contributed by atoms with Crippen LogP contribution in [0.3, 0.4) is 0 Å². The zero-order valence-electron chi connectivity index (χ0n) is 9.32. The highest BCUT2D eigenvalue weighted by Gasteiger charge is 2.20. The molecule has 1 heterocycles. The molecule has 2 rings (SSSR count). The normalized spacial score (nSPS) is 17.8. The molecule has 1 aromatic rings. The number of methoxy groups -OCH3 is 1. The van der Waals surface area contributed by atoms with Crippen molar-refractivity contribution < 1.29 is 9.53 Å². The number of ether oxygens (including phenoxy) is 1. The number of hydrogen-bond donors (Lipinski definition) is 1. The van der Waals surface area contributed by atoms with Crippen molar-refractivity contribution in [3.8, 4) is 0 Å². The van der Waals surface area contributed by atoms with Crippen molar-refractivity contribution in [1.82, 2.24) is 5.32 Å². The quantitative estimate of drug-likeness (QED) is 0.608. The maximum atomic E-state index is 11.8. The van der Waals surface area contributed by atoms with Gasteiger partial charge in [-0.3, -0.25) is 0 Å². The van der Waals surface area contributed by atoms with Gasteiger partial charge in [0.1, 0.15) is 0 Å². The van der Waals surface area contributed by atoms with Crippen LogP contribution in [-0.2, 0) is 9.53 Å². The van der Waals surface area contributed by atoms with Crippen molar-refractivity contribution >= 4 is 11.5 Å². The van der Waals surface area contributed by atoms with Crippen molar-refractivity contribution in [2.24, 2.45) is 0 Å². The molecule has 3 nitrogen and oxygen atoms in total. The van der Waals surface area contributed by atoms with E-state index in [4.69, 9.17) is 4.74 Å². The van der Waals surface area contributed by atoms with E-state index in [0.717, 1.165) is 30.6 Å². The molecule has 0 aromatic heterocycles. The van der Waals surface area contributed by atoms with Gasteiger partial charge in [-0.05, 0) is 18.4 Å². The van der Waals surface area contributed by atoms with Crippen LogP contribution in [0.25, 0.3) is 5.57 Å². The second-order valence-electron chi connectivity index (χ2n) is 3.74. The van der Waals surface area contributed by atoms with E-state index in [1.54, 1.807) is 0 Å². The van der Waals surface area contributed by atoms with Crippen molar-refractivity contribution in [2.45, 2.75) is 12.8 Å². The van der Waals surface area contributed by atoms with E-state index in [0.29, 0.717) is 5.57 Å². The monoisotopic (exact) mass is 217 g/mol. The smallest absolute Gasteiger partial charge is 0.340 e. The van der Waals surface area contributed by atoms with Crippen LogP contribution in [0.2, 0.25) is 0 Å². The van der Waals surface area contributed by atoms with Gasteiger partial charge in [0.05, 0.1) is 12.7 Å². The molecule has 0 bridgehead atoms. The minimum atomic E-state index is -0.268. The van der Waals surface area contributed by atoms with E-state index in [1.165, 1.54) is 7.11 Å². The minimum Gasteiger partial charge on any atom is -0.465 e. The number of nitrogens with one attached hydrogen (secondary N) is 1. The summed E-state index contributed by atoms with van der Waals surface area (Å²) in [4.78, 5) is 11.8. The highest BCUT2D eigenvalue weighted by Crippen LogP contribution is 2.24. The van der Waals surface area contributed by atoms with Crippen molar-refractivity contribution in [3.63, 3.8) is 0 Å². The molecule has 16 heavy (non-hydrogen) atoms. The van der Waals surface area contributed by atoms with E-state index < -0.39 is 0 Å². The predicted octanol–water partition coefficient (Wildman–Crippen LogP) is 1.95. The zero-order chi connectivity index (χ0) is 11.4. The largest absolute Gasteiger partial charge is 0.465 e. The number of esters is 1. The maximum Gasteiger partial charge on any atom is 0.340 e. The molecule has 0 amide bonds. The van der Waals surface area contributed by atoms with Crippen LogP contribution < -0.4 is 5.32 Å². The fourth-order valence-electron chi connectivity index (χ4n) is 1.93. The molecule has 0 saturated carbocycles. The number of benzene rings is 1. The lowest BCUT2D eigenvalue weighted by atomic mass is 10.0. The summed E-state index contributed by atoms with van der Waals surface area (Å²) < 4.78 is 4.84. The Balaban J connectivity index is 2.43. The molecule has 3 heteroatoms. The van der Waals surface area contributed by atoms with Crippen molar-refractivity contribution in [3.05, 3.63) is 41.6 Å². The van der Waals surface area contributed by atoms with Gasteiger partial charge in [0, 0.05) is 12.2 Å². The van der Waals surface area contributed by atoms with Gasteiger partial charge < -0.3 is 10.1 Å². The molecule has 0 radical (unpaired) electrons. The maximum absolute atomic E-state index is 11.8. The minimum absolute atomic E-state index is 0.268. The van der Waals surface area contributed by atoms with Crippen LogP contribution in [0.15, 0.2) is 36.0 Å². The Morgan fingerprint density at radius 2 is 2.06 bits per heavy atom. The summed E-state index contributed by atoms with van der Waals surface area (Å²) in [6.45, 7) is 0.933. The molecule has 0 spiro atoms. The Labute approximate surface area is 95.1 Å². The van der Waals surface area contributed by atoms with Gasteiger partial charge in [-0.25, -0.2) is 4.79 Å². The third-order valence-electron chi connectivity index (χ3n) is 2.70. The second-order valence-corrected chi connectivity index (χ2v) is 3.74. The Morgan fingerprint density at radius 3 is 2.62 bits per heavy atom. The molecule has 1 aliphatic rings. The third-order valence-corrected chi connectivity index (χ3v) is 2.70. The lowest BCUT2D eigenvalue weighted by molar-refractivity contribution is -0.133. The highest BCUT2D eigenvalue weighted by atomic mass is 16.5. The summed E-state index contributed by atoms with van der Waals surface area (Å²) in [5.41, 5.74) is 2.58. The highest BCUT2D eigenvalue weighted by molar-refractivity contribution is 6.17. The number of hydrogen-bond acceptors (Lipinski definition) is 3. The summed E-state index contributed by atoms with van der Waals surface area (Å²) in [7, 11) is 1.42. The molecule has 1 fully saturated rings. The summed E-state index contributed by atoms with van der Waals surface area (Å²) in [6, 6.07) is 9.64. The number of carbonyl (C=O) groups is 1. The van der Waals surface area contributed by atoms with Crippen LogP contribution >= 0.6 is 0 Å². The van der Waals surface area contributed by atoms with Gasteiger partial charge in [-0.2, -0.15) is 0 Å². The number of allylic oxidation sites excluding steroid dienone is 1. The van der Waals surface area contributed by atoms with Gasteiger partial charge in [-0.15, -0.1) is 0 Å². The standard InChI is InChI=1S/C13H15NO2/c1-16-13(15)12(11-8-5-9-14-11)10-6-3-2-4-7-10/h2-4,6-7,14H,5,8-9H2,1H3. The van der Waals surface area contributed by atoms with Crippen LogP contribution in [0.4, 0.5) is 0 Å². The van der Waals surface area contributed by atoms with Gasteiger partial charge in [0.2, 0.25) is 0 Å². The first-order valence-corrected chi connectivity index (χ1v) is 5.43. The molecule has 0 atom stereocenters. The van der Waals surface area contributed by atoms with E-state index in [9.17, 15) is 4.79 Å². The van der Waals surface area contributed by atoms with Gasteiger partial charge in [0.25, 0.3) is 0 Å². The first kappa shape index (κ1) is 10.7. The summed E-state index contributed by atoms with van der Waals surface area (Å²) in [5.74, 6) is -0.268.